The van der Waals surface area contributed by atoms with Crippen molar-refractivity contribution in [3.63, 3.8) is 0 Å². The molecule has 0 bridgehead atoms. The Labute approximate surface area is 175 Å². The summed E-state index contributed by atoms with van der Waals surface area (Å²) in [6.45, 7) is 7.61. The molecule has 29 heavy (non-hydrogen) atoms. The Bertz CT molecular complexity index is 976. The summed E-state index contributed by atoms with van der Waals surface area (Å²) < 4.78 is 5.77. The van der Waals surface area contributed by atoms with Gasteiger partial charge in [-0.25, -0.2) is 4.98 Å². The van der Waals surface area contributed by atoms with Gasteiger partial charge in [0, 0.05) is 37.2 Å². The molecule has 5 nitrogen and oxygen atoms in total. The van der Waals surface area contributed by atoms with E-state index in [9.17, 15) is 4.79 Å². The van der Waals surface area contributed by atoms with Crippen LogP contribution in [0.5, 0.6) is 5.75 Å². The van der Waals surface area contributed by atoms with E-state index in [1.807, 2.05) is 41.5 Å². The van der Waals surface area contributed by atoms with Crippen LogP contribution in [-0.4, -0.2) is 42.0 Å². The van der Waals surface area contributed by atoms with Crippen LogP contribution < -0.4 is 9.64 Å². The van der Waals surface area contributed by atoms with Gasteiger partial charge < -0.3 is 14.5 Å². The molecule has 1 aliphatic rings. The Morgan fingerprint density at radius 2 is 1.79 bits per heavy atom. The number of nitrogens with zero attached hydrogens (tertiary/aromatic N) is 3. The lowest BCUT2D eigenvalue weighted by atomic mass is 10.2. The summed E-state index contributed by atoms with van der Waals surface area (Å²) in [4.78, 5) is 21.6. The Hall–Kier alpha value is -2.86. The van der Waals surface area contributed by atoms with E-state index >= 15 is 0 Å². The van der Waals surface area contributed by atoms with Gasteiger partial charge in [0.1, 0.15) is 23.1 Å². The number of thiazole rings is 1. The Morgan fingerprint density at radius 3 is 2.52 bits per heavy atom. The monoisotopic (exact) mass is 407 g/mol. The number of carbonyl (C=O) groups excluding carboxylic acids is 1. The molecule has 2 heterocycles. The van der Waals surface area contributed by atoms with Crippen LogP contribution in [0.25, 0.3) is 0 Å². The number of ether oxygens (including phenoxy) is 1. The van der Waals surface area contributed by atoms with Crippen LogP contribution in [0.1, 0.15) is 26.6 Å². The van der Waals surface area contributed by atoms with E-state index < -0.39 is 0 Å². The number of aromatic nitrogens is 1. The van der Waals surface area contributed by atoms with Crippen LogP contribution >= 0.6 is 11.3 Å². The first-order valence-electron chi connectivity index (χ1n) is 9.83. The van der Waals surface area contributed by atoms with Crippen molar-refractivity contribution in [2.75, 3.05) is 31.1 Å². The third-order valence-electron chi connectivity index (χ3n) is 5.09. The molecular formula is C23H25N3O2S. The van der Waals surface area contributed by atoms with E-state index in [-0.39, 0.29) is 5.91 Å². The minimum Gasteiger partial charge on any atom is -0.486 e. The zero-order valence-corrected chi connectivity index (χ0v) is 17.6. The van der Waals surface area contributed by atoms with Gasteiger partial charge in [-0.15, -0.1) is 11.3 Å². The maximum Gasteiger partial charge on any atom is 0.273 e. The average Bonchev–Trinajstić information content (AvgIpc) is 3.22. The largest absolute Gasteiger partial charge is 0.486 e. The molecule has 2 aromatic carbocycles. The third kappa shape index (κ3) is 4.77. The van der Waals surface area contributed by atoms with Gasteiger partial charge in [-0.3, -0.25) is 4.79 Å². The van der Waals surface area contributed by atoms with E-state index in [2.05, 4.69) is 41.1 Å². The lowest BCUT2D eigenvalue weighted by Gasteiger charge is -2.36. The number of aryl methyl sites for hydroxylation is 2. The predicted octanol–water partition coefficient (Wildman–Crippen LogP) is 4.30. The molecule has 1 aliphatic heterocycles. The van der Waals surface area contributed by atoms with Crippen molar-refractivity contribution in [1.82, 2.24) is 9.88 Å². The van der Waals surface area contributed by atoms with Crippen LogP contribution in [0.2, 0.25) is 0 Å². The lowest BCUT2D eigenvalue weighted by molar-refractivity contribution is 0.0741. The summed E-state index contributed by atoms with van der Waals surface area (Å²) >= 11 is 1.47. The van der Waals surface area contributed by atoms with Gasteiger partial charge in [-0.2, -0.15) is 0 Å². The molecule has 1 amide bonds. The second-order valence-electron chi connectivity index (χ2n) is 7.35. The molecule has 3 aromatic rings. The van der Waals surface area contributed by atoms with Gasteiger partial charge in [0.25, 0.3) is 5.91 Å². The third-order valence-corrected chi connectivity index (χ3v) is 5.91. The molecule has 0 saturated carbocycles. The summed E-state index contributed by atoms with van der Waals surface area (Å²) in [5.41, 5.74) is 4.19. The number of rotatable bonds is 5. The molecule has 0 N–H and O–H groups in total. The lowest BCUT2D eigenvalue weighted by Crippen LogP contribution is -2.48. The number of piperazine rings is 1. The molecule has 1 saturated heterocycles. The number of hydrogen-bond donors (Lipinski definition) is 0. The molecule has 0 spiro atoms. The van der Waals surface area contributed by atoms with Gasteiger partial charge >= 0.3 is 0 Å². The van der Waals surface area contributed by atoms with Gasteiger partial charge in [0.05, 0.1) is 0 Å². The van der Waals surface area contributed by atoms with Gasteiger partial charge in [0.2, 0.25) is 0 Å². The second kappa shape index (κ2) is 8.66. The highest BCUT2D eigenvalue weighted by atomic mass is 32.1. The highest BCUT2D eigenvalue weighted by molar-refractivity contribution is 7.09. The Kier molecular flexibility index (Phi) is 5.81. The normalized spacial score (nSPS) is 14.1. The van der Waals surface area contributed by atoms with Gasteiger partial charge in [0.15, 0.2) is 0 Å². The molecule has 0 unspecified atom stereocenters. The van der Waals surface area contributed by atoms with E-state index in [0.29, 0.717) is 25.4 Å². The average molecular weight is 408 g/mol. The smallest absolute Gasteiger partial charge is 0.273 e. The van der Waals surface area contributed by atoms with Crippen LogP contribution in [0.4, 0.5) is 5.69 Å². The number of anilines is 1. The highest BCUT2D eigenvalue weighted by Gasteiger charge is 2.24. The number of amides is 1. The minimum absolute atomic E-state index is 0.00623. The molecule has 6 heteroatoms. The molecule has 0 radical (unpaired) electrons. The van der Waals surface area contributed by atoms with Crippen molar-refractivity contribution >= 4 is 22.9 Å². The molecule has 4 rings (SSSR count). The summed E-state index contributed by atoms with van der Waals surface area (Å²) in [7, 11) is 0. The molecule has 1 fully saturated rings. The van der Waals surface area contributed by atoms with E-state index in [0.717, 1.165) is 23.8 Å². The molecule has 150 valence electrons. The summed E-state index contributed by atoms with van der Waals surface area (Å²) in [6.07, 6.45) is 0. The first-order chi connectivity index (χ1) is 14.1. The standard InChI is InChI=1S/C23H25N3O2S/c1-17-6-8-20(9-7-17)28-15-22-24-21(16-29-22)23(27)26-12-10-25(11-13-26)19-5-3-4-18(2)14-19/h3-9,14,16H,10-13,15H2,1-2H3. The fourth-order valence-electron chi connectivity index (χ4n) is 3.41. The van der Waals surface area contributed by atoms with Crippen LogP contribution in [0, 0.1) is 13.8 Å². The number of benzene rings is 2. The van der Waals surface area contributed by atoms with Crippen LogP contribution in [0.15, 0.2) is 53.9 Å². The summed E-state index contributed by atoms with van der Waals surface area (Å²) in [5, 5.41) is 2.65. The predicted molar refractivity (Wildman–Crippen MR) is 117 cm³/mol. The first kappa shape index (κ1) is 19.5. The fraction of sp³-hybridized carbons (Fsp3) is 0.304. The van der Waals surface area contributed by atoms with Crippen molar-refractivity contribution in [2.24, 2.45) is 0 Å². The summed E-state index contributed by atoms with van der Waals surface area (Å²) in [5.74, 6) is 0.817. The van der Waals surface area contributed by atoms with Crippen LogP contribution in [-0.2, 0) is 6.61 Å². The topological polar surface area (TPSA) is 45.7 Å². The van der Waals surface area contributed by atoms with Crippen molar-refractivity contribution in [3.8, 4) is 5.75 Å². The molecule has 1 aromatic heterocycles. The SMILES string of the molecule is Cc1ccc(OCc2nc(C(=O)N3CCN(c4cccc(C)c4)CC3)cs2)cc1. The van der Waals surface area contributed by atoms with Crippen LogP contribution in [0.3, 0.4) is 0 Å². The zero-order chi connectivity index (χ0) is 20.2. The van der Waals surface area contributed by atoms with Crippen molar-refractivity contribution in [1.29, 1.82) is 0 Å². The summed E-state index contributed by atoms with van der Waals surface area (Å²) in [6, 6.07) is 16.4. The zero-order valence-electron chi connectivity index (χ0n) is 16.8. The Balaban J connectivity index is 1.31. The maximum atomic E-state index is 12.8. The van der Waals surface area contributed by atoms with E-state index in [4.69, 9.17) is 4.74 Å². The fourth-order valence-corrected chi connectivity index (χ4v) is 4.09. The maximum absolute atomic E-state index is 12.8. The van der Waals surface area contributed by atoms with Gasteiger partial charge in [-0.05, 0) is 43.7 Å². The highest BCUT2D eigenvalue weighted by Crippen LogP contribution is 2.20. The number of hydrogen-bond acceptors (Lipinski definition) is 5. The van der Waals surface area contributed by atoms with Crippen molar-refractivity contribution in [3.05, 3.63) is 75.7 Å². The van der Waals surface area contributed by atoms with Crippen molar-refractivity contribution in [2.45, 2.75) is 20.5 Å². The second-order valence-corrected chi connectivity index (χ2v) is 8.29. The molecule has 0 atom stereocenters. The quantitative estimate of drug-likeness (QED) is 0.633. The van der Waals surface area contributed by atoms with E-state index in [1.165, 1.54) is 28.2 Å². The van der Waals surface area contributed by atoms with E-state index in [1.54, 1.807) is 0 Å². The van der Waals surface area contributed by atoms with Gasteiger partial charge in [-0.1, -0.05) is 29.8 Å². The molecular weight excluding hydrogens is 382 g/mol. The number of carbonyl (C=O) groups is 1. The van der Waals surface area contributed by atoms with Crippen molar-refractivity contribution < 1.29 is 9.53 Å². The first-order valence-corrected chi connectivity index (χ1v) is 10.7. The molecule has 0 aliphatic carbocycles. The Morgan fingerprint density at radius 1 is 1.03 bits per heavy atom. The minimum atomic E-state index is 0.00623.